The Morgan fingerprint density at radius 3 is 2.43 bits per heavy atom. The molecule has 2 aromatic carbocycles. The topological polar surface area (TPSA) is 35.2 Å². The number of hydrogen-bond acceptors (Lipinski definition) is 2. The number of benzene rings is 2. The second-order valence-electron chi connectivity index (χ2n) is 6.21. The fourth-order valence-electron chi connectivity index (χ4n) is 2.79. The summed E-state index contributed by atoms with van der Waals surface area (Å²) < 4.78 is 6.00. The average Bonchev–Trinajstić information content (AvgIpc) is 2.58. The van der Waals surface area contributed by atoms with Crippen molar-refractivity contribution in [3.05, 3.63) is 65.2 Å². The van der Waals surface area contributed by atoms with Crippen LogP contribution in [0, 0.1) is 6.92 Å². The van der Waals surface area contributed by atoms with Gasteiger partial charge in [0.15, 0.2) is 0 Å². The largest absolute Gasteiger partial charge is 0.493 e. The molecule has 0 heterocycles. The van der Waals surface area contributed by atoms with E-state index < -0.39 is 0 Å². The highest BCUT2D eigenvalue weighted by Gasteiger charge is 2.13. The molecular weight excluding hydrogens is 282 g/mol. The molecule has 0 saturated heterocycles. The molecule has 0 spiro atoms. The van der Waals surface area contributed by atoms with E-state index in [4.69, 9.17) is 10.5 Å². The standard InChI is InChI=1S/C21H29NO/c1-3-4-7-14-23-21-9-6-5-8-19(21)15-20(16-22)18-12-10-17(2)11-13-18/h5-6,8-13,20H,3-4,7,14-16,22H2,1-2H3. The van der Waals surface area contributed by atoms with E-state index in [2.05, 4.69) is 56.3 Å². The van der Waals surface area contributed by atoms with Crippen LogP contribution in [0.2, 0.25) is 0 Å². The zero-order valence-corrected chi connectivity index (χ0v) is 14.4. The van der Waals surface area contributed by atoms with Crippen molar-refractivity contribution in [3.63, 3.8) is 0 Å². The Hall–Kier alpha value is -1.80. The van der Waals surface area contributed by atoms with Gasteiger partial charge in [-0.2, -0.15) is 0 Å². The summed E-state index contributed by atoms with van der Waals surface area (Å²) in [6.45, 7) is 5.76. The Balaban J connectivity index is 2.06. The molecule has 1 unspecified atom stereocenters. The number of ether oxygens (including phenoxy) is 1. The van der Waals surface area contributed by atoms with Gasteiger partial charge in [-0.3, -0.25) is 0 Å². The van der Waals surface area contributed by atoms with Gasteiger partial charge in [0.2, 0.25) is 0 Å². The average molecular weight is 311 g/mol. The summed E-state index contributed by atoms with van der Waals surface area (Å²) in [5, 5.41) is 0. The Kier molecular flexibility index (Phi) is 7.15. The first-order valence-corrected chi connectivity index (χ1v) is 8.72. The van der Waals surface area contributed by atoms with Gasteiger partial charge in [0.1, 0.15) is 5.75 Å². The summed E-state index contributed by atoms with van der Waals surface area (Å²) >= 11 is 0. The summed E-state index contributed by atoms with van der Waals surface area (Å²) in [6.07, 6.45) is 4.47. The van der Waals surface area contributed by atoms with E-state index in [1.54, 1.807) is 0 Å². The minimum absolute atomic E-state index is 0.330. The van der Waals surface area contributed by atoms with Gasteiger partial charge in [0, 0.05) is 5.92 Å². The third-order valence-corrected chi connectivity index (χ3v) is 4.28. The van der Waals surface area contributed by atoms with Crippen LogP contribution in [-0.2, 0) is 6.42 Å². The van der Waals surface area contributed by atoms with E-state index >= 15 is 0 Å². The number of nitrogens with two attached hydrogens (primary N) is 1. The van der Waals surface area contributed by atoms with Crippen molar-refractivity contribution in [1.29, 1.82) is 0 Å². The van der Waals surface area contributed by atoms with Crippen molar-refractivity contribution >= 4 is 0 Å². The van der Waals surface area contributed by atoms with E-state index in [-0.39, 0.29) is 0 Å². The van der Waals surface area contributed by atoms with Gasteiger partial charge in [-0.1, -0.05) is 67.8 Å². The van der Waals surface area contributed by atoms with E-state index in [9.17, 15) is 0 Å². The van der Waals surface area contributed by atoms with E-state index in [1.807, 2.05) is 6.07 Å². The molecule has 0 bridgehead atoms. The fourth-order valence-corrected chi connectivity index (χ4v) is 2.79. The van der Waals surface area contributed by atoms with Crippen LogP contribution in [0.3, 0.4) is 0 Å². The van der Waals surface area contributed by atoms with Crippen LogP contribution in [0.25, 0.3) is 0 Å². The summed E-state index contributed by atoms with van der Waals surface area (Å²) in [6, 6.07) is 17.1. The molecule has 0 fully saturated rings. The van der Waals surface area contributed by atoms with Crippen molar-refractivity contribution < 1.29 is 4.74 Å². The van der Waals surface area contributed by atoms with Crippen LogP contribution in [0.1, 0.15) is 48.8 Å². The minimum Gasteiger partial charge on any atom is -0.493 e. The van der Waals surface area contributed by atoms with E-state index in [0.29, 0.717) is 12.5 Å². The number of para-hydroxylation sites is 1. The number of rotatable bonds is 9. The van der Waals surface area contributed by atoms with Crippen LogP contribution in [-0.4, -0.2) is 13.2 Å². The molecular formula is C21H29NO. The van der Waals surface area contributed by atoms with Gasteiger partial charge in [-0.15, -0.1) is 0 Å². The van der Waals surface area contributed by atoms with Gasteiger partial charge in [-0.25, -0.2) is 0 Å². The second-order valence-corrected chi connectivity index (χ2v) is 6.21. The number of hydrogen-bond donors (Lipinski definition) is 1. The maximum atomic E-state index is 6.04. The molecule has 0 aromatic heterocycles. The molecule has 2 aromatic rings. The lowest BCUT2D eigenvalue weighted by atomic mass is 9.91. The van der Waals surface area contributed by atoms with Crippen molar-refractivity contribution in [2.75, 3.05) is 13.2 Å². The highest BCUT2D eigenvalue weighted by atomic mass is 16.5. The smallest absolute Gasteiger partial charge is 0.122 e. The van der Waals surface area contributed by atoms with Gasteiger partial charge in [0.25, 0.3) is 0 Å². The highest BCUT2D eigenvalue weighted by molar-refractivity contribution is 5.36. The van der Waals surface area contributed by atoms with Crippen molar-refractivity contribution in [2.24, 2.45) is 5.73 Å². The molecule has 2 N–H and O–H groups in total. The summed E-state index contributed by atoms with van der Waals surface area (Å²) in [4.78, 5) is 0. The van der Waals surface area contributed by atoms with Gasteiger partial charge < -0.3 is 10.5 Å². The number of aryl methyl sites for hydroxylation is 1. The van der Waals surface area contributed by atoms with Crippen LogP contribution in [0.4, 0.5) is 0 Å². The molecule has 2 heteroatoms. The Morgan fingerprint density at radius 2 is 1.74 bits per heavy atom. The van der Waals surface area contributed by atoms with Gasteiger partial charge >= 0.3 is 0 Å². The molecule has 2 rings (SSSR count). The van der Waals surface area contributed by atoms with Crippen LogP contribution in [0.5, 0.6) is 5.75 Å². The molecule has 23 heavy (non-hydrogen) atoms. The van der Waals surface area contributed by atoms with E-state index in [1.165, 1.54) is 29.5 Å². The quantitative estimate of drug-likeness (QED) is 0.672. The summed E-state index contributed by atoms with van der Waals surface area (Å²) in [7, 11) is 0. The highest BCUT2D eigenvalue weighted by Crippen LogP contribution is 2.26. The van der Waals surface area contributed by atoms with Crippen molar-refractivity contribution in [2.45, 2.75) is 45.4 Å². The zero-order chi connectivity index (χ0) is 16.5. The lowest BCUT2D eigenvalue weighted by Crippen LogP contribution is -2.15. The molecule has 1 atom stereocenters. The van der Waals surface area contributed by atoms with Crippen molar-refractivity contribution in [3.8, 4) is 5.75 Å². The Bertz CT molecular complexity index is 577. The zero-order valence-electron chi connectivity index (χ0n) is 14.4. The van der Waals surface area contributed by atoms with Gasteiger partial charge in [-0.05, 0) is 43.5 Å². The Labute approximate surface area is 140 Å². The Morgan fingerprint density at radius 1 is 1.00 bits per heavy atom. The molecule has 0 aliphatic heterocycles. The molecule has 0 aliphatic rings. The van der Waals surface area contributed by atoms with Crippen molar-refractivity contribution in [1.82, 2.24) is 0 Å². The maximum absolute atomic E-state index is 6.04. The minimum atomic E-state index is 0.330. The summed E-state index contributed by atoms with van der Waals surface area (Å²) in [5.41, 5.74) is 9.88. The predicted octanol–water partition coefficient (Wildman–Crippen LogP) is 4.85. The fraction of sp³-hybridized carbons (Fsp3) is 0.429. The lowest BCUT2D eigenvalue weighted by molar-refractivity contribution is 0.302. The number of unbranched alkanes of at least 4 members (excludes halogenated alkanes) is 2. The normalized spacial score (nSPS) is 12.1. The van der Waals surface area contributed by atoms with Gasteiger partial charge in [0.05, 0.1) is 6.61 Å². The van der Waals surface area contributed by atoms with Crippen LogP contribution >= 0.6 is 0 Å². The second kappa shape index (κ2) is 9.36. The SMILES string of the molecule is CCCCCOc1ccccc1CC(CN)c1ccc(C)cc1. The third-order valence-electron chi connectivity index (χ3n) is 4.28. The first-order valence-electron chi connectivity index (χ1n) is 8.72. The third kappa shape index (κ3) is 5.40. The molecule has 0 radical (unpaired) electrons. The predicted molar refractivity (Wildman–Crippen MR) is 98.1 cm³/mol. The molecule has 0 amide bonds. The van der Waals surface area contributed by atoms with E-state index in [0.717, 1.165) is 25.2 Å². The monoisotopic (exact) mass is 311 g/mol. The van der Waals surface area contributed by atoms with Crippen LogP contribution < -0.4 is 10.5 Å². The van der Waals surface area contributed by atoms with Crippen LogP contribution in [0.15, 0.2) is 48.5 Å². The molecule has 0 aliphatic carbocycles. The lowest BCUT2D eigenvalue weighted by Gasteiger charge is -2.18. The maximum Gasteiger partial charge on any atom is 0.122 e. The molecule has 2 nitrogen and oxygen atoms in total. The summed E-state index contributed by atoms with van der Waals surface area (Å²) in [5.74, 6) is 1.34. The molecule has 124 valence electrons. The first-order chi connectivity index (χ1) is 11.2. The molecule has 0 saturated carbocycles. The first kappa shape index (κ1) is 17.6.